The Kier molecular flexibility index (Phi) is 33.8. The van der Waals surface area contributed by atoms with E-state index in [0.717, 1.165) is 37.5 Å². The van der Waals surface area contributed by atoms with E-state index in [1.807, 2.05) is 6.08 Å². The van der Waals surface area contributed by atoms with Crippen molar-refractivity contribution in [3.63, 3.8) is 0 Å². The minimum Gasteiger partial charge on any atom is -0.394 e. The summed E-state index contributed by atoms with van der Waals surface area (Å²) in [6.45, 7) is 9.02. The summed E-state index contributed by atoms with van der Waals surface area (Å²) in [5, 5.41) is 22.9. The van der Waals surface area contributed by atoms with Crippen molar-refractivity contribution in [2.75, 3.05) is 6.61 Å². The molecule has 0 saturated carbocycles. The summed E-state index contributed by atoms with van der Waals surface area (Å²) in [5.74, 6) is 1.64. The van der Waals surface area contributed by atoms with E-state index in [1.165, 1.54) is 154 Å². The summed E-state index contributed by atoms with van der Waals surface area (Å²) in [5.41, 5.74) is 0. The van der Waals surface area contributed by atoms with Gasteiger partial charge >= 0.3 is 0 Å². The van der Waals surface area contributed by atoms with Gasteiger partial charge in [0.05, 0.1) is 18.8 Å². The van der Waals surface area contributed by atoms with Gasteiger partial charge < -0.3 is 15.5 Å². The smallest absolute Gasteiger partial charge is 0.220 e. The highest BCUT2D eigenvalue weighted by atomic mass is 16.3. The molecule has 1 amide bonds. The number of hydrogen-bond acceptors (Lipinski definition) is 3. The zero-order chi connectivity index (χ0) is 33.2. The van der Waals surface area contributed by atoms with Crippen LogP contribution in [-0.4, -0.2) is 34.9 Å². The molecule has 0 fully saturated rings. The third-order valence-corrected chi connectivity index (χ3v) is 9.38. The highest BCUT2D eigenvalue weighted by molar-refractivity contribution is 5.76. The van der Waals surface area contributed by atoms with E-state index in [4.69, 9.17) is 0 Å². The standard InChI is InChI=1S/C41H81NO3/c1-37(2)32-28-24-20-16-12-10-8-6-5-7-9-11-13-19-23-27-31-35-41(45)42-39(36-43)40(44)34-30-26-22-18-15-14-17-21-25-29-33-38(3)4/h30,34,37-40,43-44H,5-29,31-33,35-36H2,1-4H3,(H,42,45). The van der Waals surface area contributed by atoms with Crippen LogP contribution >= 0.6 is 0 Å². The van der Waals surface area contributed by atoms with E-state index in [9.17, 15) is 15.0 Å². The normalized spacial score (nSPS) is 13.3. The largest absolute Gasteiger partial charge is 0.394 e. The van der Waals surface area contributed by atoms with Crippen LogP contribution in [0.5, 0.6) is 0 Å². The Hall–Kier alpha value is -0.870. The quantitative estimate of drug-likeness (QED) is 0.0479. The molecule has 0 spiro atoms. The topological polar surface area (TPSA) is 69.6 Å². The minimum atomic E-state index is -0.834. The van der Waals surface area contributed by atoms with Crippen LogP contribution in [-0.2, 0) is 4.79 Å². The maximum absolute atomic E-state index is 12.3. The molecule has 3 N–H and O–H groups in total. The predicted molar refractivity (Wildman–Crippen MR) is 198 cm³/mol. The molecule has 0 aliphatic carbocycles. The van der Waals surface area contributed by atoms with Crippen molar-refractivity contribution in [3.8, 4) is 0 Å². The first-order chi connectivity index (χ1) is 21.9. The van der Waals surface area contributed by atoms with Crippen LogP contribution in [0.4, 0.5) is 0 Å². The third kappa shape index (κ3) is 34.3. The molecule has 2 atom stereocenters. The van der Waals surface area contributed by atoms with Crippen molar-refractivity contribution in [2.24, 2.45) is 11.8 Å². The van der Waals surface area contributed by atoms with E-state index in [0.29, 0.717) is 6.42 Å². The number of aliphatic hydroxyl groups excluding tert-OH is 2. The second-order valence-electron chi connectivity index (χ2n) is 15.0. The lowest BCUT2D eigenvalue weighted by Crippen LogP contribution is -2.45. The average molecular weight is 636 g/mol. The second-order valence-corrected chi connectivity index (χ2v) is 15.0. The molecule has 4 nitrogen and oxygen atoms in total. The fourth-order valence-corrected chi connectivity index (χ4v) is 6.25. The number of amides is 1. The van der Waals surface area contributed by atoms with Gasteiger partial charge in [-0.2, -0.15) is 0 Å². The van der Waals surface area contributed by atoms with Crippen molar-refractivity contribution in [2.45, 2.75) is 226 Å². The molecule has 0 aromatic carbocycles. The summed E-state index contributed by atoms with van der Waals surface area (Å²) in [6.07, 6.45) is 40.2. The van der Waals surface area contributed by atoms with Crippen LogP contribution in [0.3, 0.4) is 0 Å². The Morgan fingerprint density at radius 1 is 0.533 bits per heavy atom. The lowest BCUT2D eigenvalue weighted by molar-refractivity contribution is -0.123. The van der Waals surface area contributed by atoms with E-state index < -0.39 is 12.1 Å². The van der Waals surface area contributed by atoms with E-state index in [2.05, 4.69) is 33.0 Å². The molecule has 0 aliphatic rings. The highest BCUT2D eigenvalue weighted by Crippen LogP contribution is 2.16. The molecule has 0 aromatic rings. The maximum atomic E-state index is 12.3. The van der Waals surface area contributed by atoms with Crippen molar-refractivity contribution in [1.82, 2.24) is 5.32 Å². The SMILES string of the molecule is CC(C)CCCCCCCCCCC=CC(O)C(CO)NC(=O)CCCCCCCCCCCCCCCCCCCC(C)C. The van der Waals surface area contributed by atoms with Gasteiger partial charge in [0.2, 0.25) is 5.91 Å². The molecule has 0 saturated heterocycles. The Morgan fingerprint density at radius 3 is 1.22 bits per heavy atom. The summed E-state index contributed by atoms with van der Waals surface area (Å²) < 4.78 is 0. The van der Waals surface area contributed by atoms with E-state index in [1.54, 1.807) is 6.08 Å². The molecule has 0 bridgehead atoms. The fourth-order valence-electron chi connectivity index (χ4n) is 6.25. The molecule has 2 unspecified atom stereocenters. The van der Waals surface area contributed by atoms with Gasteiger partial charge in [-0.15, -0.1) is 0 Å². The number of carbonyl (C=O) groups excluding carboxylic acids is 1. The maximum Gasteiger partial charge on any atom is 0.220 e. The second kappa shape index (κ2) is 34.5. The number of carbonyl (C=O) groups is 1. The summed E-state index contributed by atoms with van der Waals surface area (Å²) in [7, 11) is 0. The van der Waals surface area contributed by atoms with Crippen LogP contribution in [0.15, 0.2) is 12.2 Å². The number of unbranched alkanes of at least 4 members (excludes halogenated alkanes) is 24. The Balaban J connectivity index is 3.54. The lowest BCUT2D eigenvalue weighted by atomic mass is 10.0. The molecule has 0 radical (unpaired) electrons. The Bertz CT molecular complexity index is 632. The van der Waals surface area contributed by atoms with Gasteiger partial charge in [0.25, 0.3) is 0 Å². The zero-order valence-corrected chi connectivity index (χ0v) is 31.0. The third-order valence-electron chi connectivity index (χ3n) is 9.38. The number of hydrogen-bond donors (Lipinski definition) is 3. The molecule has 0 heterocycles. The summed E-state index contributed by atoms with van der Waals surface area (Å²) in [6, 6.07) is -0.617. The first kappa shape index (κ1) is 44.1. The van der Waals surface area contributed by atoms with Crippen molar-refractivity contribution in [1.29, 1.82) is 0 Å². The van der Waals surface area contributed by atoms with Crippen molar-refractivity contribution < 1.29 is 15.0 Å². The van der Waals surface area contributed by atoms with Crippen LogP contribution in [0, 0.1) is 11.8 Å². The van der Waals surface area contributed by atoms with Crippen LogP contribution in [0.2, 0.25) is 0 Å². The van der Waals surface area contributed by atoms with Crippen molar-refractivity contribution >= 4 is 5.91 Å². The van der Waals surface area contributed by atoms with Gasteiger partial charge in [0.15, 0.2) is 0 Å². The van der Waals surface area contributed by atoms with Gasteiger partial charge in [-0.1, -0.05) is 200 Å². The van der Waals surface area contributed by atoms with Gasteiger partial charge in [0, 0.05) is 6.42 Å². The fraction of sp³-hybridized carbons (Fsp3) is 0.927. The van der Waals surface area contributed by atoms with E-state index >= 15 is 0 Å². The van der Waals surface area contributed by atoms with Gasteiger partial charge in [0.1, 0.15) is 0 Å². The molecule has 4 heteroatoms. The molecule has 45 heavy (non-hydrogen) atoms. The highest BCUT2D eigenvalue weighted by Gasteiger charge is 2.17. The molecular weight excluding hydrogens is 554 g/mol. The minimum absolute atomic E-state index is 0.0626. The first-order valence-electron chi connectivity index (χ1n) is 20.1. The molecule has 0 rings (SSSR count). The Morgan fingerprint density at radius 2 is 0.867 bits per heavy atom. The van der Waals surface area contributed by atoms with Gasteiger partial charge in [-0.05, 0) is 31.1 Å². The first-order valence-corrected chi connectivity index (χ1v) is 20.1. The summed E-state index contributed by atoms with van der Waals surface area (Å²) >= 11 is 0. The van der Waals surface area contributed by atoms with Gasteiger partial charge in [-0.25, -0.2) is 0 Å². The molecule has 268 valence electrons. The molecule has 0 aromatic heterocycles. The van der Waals surface area contributed by atoms with E-state index in [-0.39, 0.29) is 12.5 Å². The average Bonchev–Trinajstić information content (AvgIpc) is 3.01. The van der Waals surface area contributed by atoms with Crippen molar-refractivity contribution in [3.05, 3.63) is 12.2 Å². The predicted octanol–water partition coefficient (Wildman–Crippen LogP) is 12.0. The van der Waals surface area contributed by atoms with Crippen LogP contribution in [0.25, 0.3) is 0 Å². The molecule has 0 aliphatic heterocycles. The number of rotatable bonds is 35. The number of aliphatic hydroxyl groups is 2. The van der Waals surface area contributed by atoms with Gasteiger partial charge in [-0.3, -0.25) is 4.79 Å². The molecular formula is C41H81NO3. The van der Waals surface area contributed by atoms with Crippen LogP contribution in [0.1, 0.15) is 214 Å². The Labute approximate surface area is 282 Å². The number of allylic oxidation sites excluding steroid dienone is 1. The monoisotopic (exact) mass is 636 g/mol. The summed E-state index contributed by atoms with van der Waals surface area (Å²) in [4.78, 5) is 12.3. The lowest BCUT2D eigenvalue weighted by Gasteiger charge is -2.20. The zero-order valence-electron chi connectivity index (χ0n) is 31.0. The van der Waals surface area contributed by atoms with Crippen LogP contribution < -0.4 is 5.32 Å². The number of nitrogens with one attached hydrogen (secondary N) is 1.